The zero-order valence-corrected chi connectivity index (χ0v) is 21.8. The van der Waals surface area contributed by atoms with Crippen LogP contribution < -0.4 is 15.5 Å². The third-order valence-electron chi connectivity index (χ3n) is 6.44. The Morgan fingerprint density at radius 2 is 1.79 bits per heavy atom. The minimum Gasteiger partial charge on any atom is -0.337 e. The van der Waals surface area contributed by atoms with Gasteiger partial charge in [-0.05, 0) is 73.1 Å². The number of carbonyl (C=O) groups is 3. The highest BCUT2D eigenvalue weighted by molar-refractivity contribution is 7.80. The molecule has 190 valence electrons. The van der Waals surface area contributed by atoms with E-state index in [0.29, 0.717) is 11.3 Å². The second-order valence-corrected chi connectivity index (χ2v) is 9.51. The predicted octanol–water partition coefficient (Wildman–Crippen LogP) is 4.98. The highest BCUT2D eigenvalue weighted by Gasteiger charge is 2.34. The van der Waals surface area contributed by atoms with E-state index >= 15 is 0 Å². The monoisotopic (exact) mass is 522 g/mol. The van der Waals surface area contributed by atoms with Gasteiger partial charge < -0.3 is 9.88 Å². The summed E-state index contributed by atoms with van der Waals surface area (Å²) in [6, 6.07) is 22.6. The van der Waals surface area contributed by atoms with Crippen molar-refractivity contribution >= 4 is 63.4 Å². The van der Waals surface area contributed by atoms with E-state index in [4.69, 9.17) is 12.2 Å². The molecule has 0 bridgehead atoms. The van der Waals surface area contributed by atoms with E-state index in [1.165, 1.54) is 4.90 Å². The number of para-hydroxylation sites is 1. The van der Waals surface area contributed by atoms with Crippen LogP contribution in [-0.2, 0) is 27.3 Å². The fourth-order valence-corrected chi connectivity index (χ4v) is 4.81. The van der Waals surface area contributed by atoms with Crippen molar-refractivity contribution in [2.45, 2.75) is 26.8 Å². The van der Waals surface area contributed by atoms with Gasteiger partial charge in [0.05, 0.1) is 5.69 Å². The third kappa shape index (κ3) is 4.99. The lowest BCUT2D eigenvalue weighted by molar-refractivity contribution is -0.122. The molecule has 0 radical (unpaired) electrons. The number of nitrogens with one attached hydrogen (secondary N) is 2. The summed E-state index contributed by atoms with van der Waals surface area (Å²) in [5, 5.41) is 6.41. The van der Waals surface area contributed by atoms with Crippen molar-refractivity contribution in [1.82, 2.24) is 9.88 Å². The van der Waals surface area contributed by atoms with Crippen molar-refractivity contribution in [3.05, 3.63) is 101 Å². The number of hydrogen-bond acceptors (Lipinski definition) is 4. The molecule has 1 aliphatic heterocycles. The maximum absolute atomic E-state index is 13.5. The standard InChI is InChI=1S/C30H26N4O3S/c1-3-20-11-13-23(14-12-20)34-29(37)25(28(36)32-30(34)38)16-21-17-33(26-10-5-4-9-24(21)26)18-27(35)31-22-8-6-7-19(2)15-22/h4-17H,3,18H2,1-2H3,(H,31,35)(H,32,36,38)/b25-16+. The molecular weight excluding hydrogens is 496 g/mol. The fraction of sp³-hybridized carbons (Fsp3) is 0.133. The van der Waals surface area contributed by atoms with Gasteiger partial charge >= 0.3 is 0 Å². The normalized spacial score (nSPS) is 14.7. The average Bonchev–Trinajstić information content (AvgIpc) is 3.23. The first-order valence-electron chi connectivity index (χ1n) is 12.3. The van der Waals surface area contributed by atoms with Crippen molar-refractivity contribution in [3.8, 4) is 0 Å². The molecule has 2 heterocycles. The van der Waals surface area contributed by atoms with Crippen molar-refractivity contribution in [2.75, 3.05) is 10.2 Å². The van der Waals surface area contributed by atoms with Gasteiger partial charge in [-0.15, -0.1) is 0 Å². The van der Waals surface area contributed by atoms with E-state index in [-0.39, 0.29) is 23.1 Å². The van der Waals surface area contributed by atoms with Crippen LogP contribution in [0.2, 0.25) is 0 Å². The highest BCUT2D eigenvalue weighted by atomic mass is 32.1. The van der Waals surface area contributed by atoms with Crippen LogP contribution in [0, 0.1) is 6.92 Å². The maximum Gasteiger partial charge on any atom is 0.270 e. The maximum atomic E-state index is 13.5. The van der Waals surface area contributed by atoms with Gasteiger partial charge in [-0.1, -0.05) is 49.4 Å². The van der Waals surface area contributed by atoms with Crippen molar-refractivity contribution < 1.29 is 14.4 Å². The summed E-state index contributed by atoms with van der Waals surface area (Å²) >= 11 is 5.33. The van der Waals surface area contributed by atoms with Gasteiger partial charge in [0, 0.05) is 28.4 Å². The molecule has 1 aliphatic rings. The molecule has 0 unspecified atom stereocenters. The van der Waals surface area contributed by atoms with E-state index in [1.807, 2.05) is 84.3 Å². The summed E-state index contributed by atoms with van der Waals surface area (Å²) in [5.74, 6) is -1.25. The molecule has 1 fully saturated rings. The molecule has 7 nitrogen and oxygen atoms in total. The number of carbonyl (C=O) groups excluding carboxylic acids is 3. The quantitative estimate of drug-likeness (QED) is 0.213. The van der Waals surface area contributed by atoms with E-state index in [1.54, 1.807) is 12.3 Å². The number of anilines is 2. The smallest absolute Gasteiger partial charge is 0.270 e. The average molecular weight is 523 g/mol. The predicted molar refractivity (Wildman–Crippen MR) is 154 cm³/mol. The van der Waals surface area contributed by atoms with E-state index < -0.39 is 11.8 Å². The van der Waals surface area contributed by atoms with Crippen LogP contribution in [0.1, 0.15) is 23.6 Å². The first kappa shape index (κ1) is 25.1. The molecular formula is C30H26N4O3S. The molecule has 3 amide bonds. The first-order chi connectivity index (χ1) is 18.3. The summed E-state index contributed by atoms with van der Waals surface area (Å²) in [5.41, 5.74) is 4.91. The summed E-state index contributed by atoms with van der Waals surface area (Å²) < 4.78 is 1.81. The highest BCUT2D eigenvalue weighted by Crippen LogP contribution is 2.27. The molecule has 5 rings (SSSR count). The lowest BCUT2D eigenvalue weighted by Crippen LogP contribution is -2.54. The summed E-state index contributed by atoms with van der Waals surface area (Å²) in [4.78, 5) is 40.5. The van der Waals surface area contributed by atoms with E-state index in [2.05, 4.69) is 17.6 Å². The molecule has 0 spiro atoms. The van der Waals surface area contributed by atoms with Crippen molar-refractivity contribution in [3.63, 3.8) is 0 Å². The molecule has 0 saturated carbocycles. The minimum absolute atomic E-state index is 0.0368. The Balaban J connectivity index is 1.47. The van der Waals surface area contributed by atoms with Gasteiger partial charge in [0.2, 0.25) is 5.91 Å². The number of aromatic nitrogens is 1. The molecule has 8 heteroatoms. The van der Waals surface area contributed by atoms with Crippen molar-refractivity contribution in [1.29, 1.82) is 0 Å². The van der Waals surface area contributed by atoms with E-state index in [9.17, 15) is 14.4 Å². The Labute approximate surface area is 225 Å². The summed E-state index contributed by atoms with van der Waals surface area (Å²) in [7, 11) is 0. The number of thiocarbonyl (C=S) groups is 1. The number of fused-ring (bicyclic) bond motifs is 1. The number of rotatable bonds is 6. The zero-order valence-electron chi connectivity index (χ0n) is 21.0. The summed E-state index contributed by atoms with van der Waals surface area (Å²) in [6.45, 7) is 4.08. The molecule has 0 atom stereocenters. The SMILES string of the molecule is CCc1ccc(N2C(=O)/C(=C/c3cn(CC(=O)Nc4cccc(C)c4)c4ccccc34)C(=O)NC2=S)cc1. The van der Waals surface area contributed by atoms with Gasteiger partial charge in [-0.3, -0.25) is 24.6 Å². The van der Waals surface area contributed by atoms with Crippen LogP contribution in [0.3, 0.4) is 0 Å². The Hall–Kier alpha value is -4.56. The van der Waals surface area contributed by atoms with Crippen LogP contribution in [0.4, 0.5) is 11.4 Å². The van der Waals surface area contributed by atoms with Gasteiger partial charge in [0.25, 0.3) is 11.8 Å². The largest absolute Gasteiger partial charge is 0.337 e. The van der Waals surface area contributed by atoms with Crippen LogP contribution in [0.25, 0.3) is 17.0 Å². The first-order valence-corrected chi connectivity index (χ1v) is 12.7. The molecule has 2 N–H and O–H groups in total. The second-order valence-electron chi connectivity index (χ2n) is 9.13. The Bertz CT molecular complexity index is 1620. The van der Waals surface area contributed by atoms with E-state index in [0.717, 1.165) is 34.1 Å². The Morgan fingerprint density at radius 1 is 1.03 bits per heavy atom. The van der Waals surface area contributed by atoms with Crippen LogP contribution in [0.5, 0.6) is 0 Å². The van der Waals surface area contributed by atoms with Crippen LogP contribution >= 0.6 is 12.2 Å². The van der Waals surface area contributed by atoms with Gasteiger partial charge in [0.15, 0.2) is 5.11 Å². The lowest BCUT2D eigenvalue weighted by Gasteiger charge is -2.29. The molecule has 1 saturated heterocycles. The zero-order chi connectivity index (χ0) is 26.8. The minimum atomic E-state index is -0.560. The van der Waals surface area contributed by atoms with Crippen LogP contribution in [0.15, 0.2) is 84.6 Å². The number of benzene rings is 3. The Morgan fingerprint density at radius 3 is 2.53 bits per heavy atom. The molecule has 4 aromatic rings. The molecule has 1 aromatic heterocycles. The molecule has 0 aliphatic carbocycles. The third-order valence-corrected chi connectivity index (χ3v) is 6.72. The number of aryl methyl sites for hydroxylation is 2. The van der Waals surface area contributed by atoms with Crippen molar-refractivity contribution in [2.24, 2.45) is 0 Å². The Kier molecular flexibility index (Phi) is 6.89. The topological polar surface area (TPSA) is 83.4 Å². The van der Waals surface area contributed by atoms with Gasteiger partial charge in [-0.25, -0.2) is 0 Å². The van der Waals surface area contributed by atoms with Gasteiger partial charge in [-0.2, -0.15) is 0 Å². The second kappa shape index (κ2) is 10.4. The number of hydrogen-bond donors (Lipinski definition) is 2. The lowest BCUT2D eigenvalue weighted by atomic mass is 10.1. The van der Waals surface area contributed by atoms with Crippen LogP contribution in [-0.4, -0.2) is 27.4 Å². The molecule has 38 heavy (non-hydrogen) atoms. The fourth-order valence-electron chi connectivity index (χ4n) is 4.53. The molecule has 3 aromatic carbocycles. The number of amides is 3. The summed E-state index contributed by atoms with van der Waals surface area (Å²) in [6.07, 6.45) is 4.21. The van der Waals surface area contributed by atoms with Gasteiger partial charge in [0.1, 0.15) is 12.1 Å². The number of nitrogens with zero attached hydrogens (tertiary/aromatic N) is 2.